The minimum absolute atomic E-state index is 0.924. The monoisotopic (exact) mass is 259 g/mol. The lowest BCUT2D eigenvalue weighted by molar-refractivity contribution is 0.414. The average molecular weight is 259 g/mol. The minimum atomic E-state index is 0.924. The van der Waals surface area contributed by atoms with Crippen LogP contribution >= 0.6 is 0 Å². The highest BCUT2D eigenvalue weighted by Crippen LogP contribution is 2.12. The Morgan fingerprint density at radius 2 is 2.05 bits per heavy atom. The van der Waals surface area contributed by atoms with Crippen molar-refractivity contribution in [3.63, 3.8) is 0 Å². The van der Waals surface area contributed by atoms with Crippen LogP contribution in [0.25, 0.3) is 0 Å². The molecule has 0 radical (unpaired) electrons. The summed E-state index contributed by atoms with van der Waals surface area (Å²) in [4.78, 5) is 0. The molecule has 0 amide bonds. The van der Waals surface area contributed by atoms with Gasteiger partial charge in [-0.1, -0.05) is 12.1 Å². The molecule has 0 aliphatic heterocycles. The molecule has 1 heterocycles. The third kappa shape index (κ3) is 4.10. The van der Waals surface area contributed by atoms with Crippen molar-refractivity contribution in [3.05, 3.63) is 47.8 Å². The predicted octanol–water partition coefficient (Wildman–Crippen LogP) is 1.80. The Hall–Kier alpha value is -1.81. The normalized spacial score (nSPS) is 10.6. The Kier molecular flexibility index (Phi) is 4.98. The topological polar surface area (TPSA) is 39.1 Å². The van der Waals surface area contributed by atoms with Crippen molar-refractivity contribution < 1.29 is 4.74 Å². The number of benzene rings is 1. The van der Waals surface area contributed by atoms with Crippen LogP contribution in [-0.4, -0.2) is 30.0 Å². The summed E-state index contributed by atoms with van der Waals surface area (Å²) in [6, 6.07) is 10.3. The zero-order valence-corrected chi connectivity index (χ0v) is 11.6. The van der Waals surface area contributed by atoms with Crippen LogP contribution in [0.5, 0.6) is 5.75 Å². The van der Waals surface area contributed by atoms with Crippen LogP contribution in [0.3, 0.4) is 0 Å². The molecule has 4 heteroatoms. The van der Waals surface area contributed by atoms with Crippen molar-refractivity contribution in [1.29, 1.82) is 0 Å². The van der Waals surface area contributed by atoms with Crippen LogP contribution in [0.4, 0.5) is 0 Å². The first-order valence-corrected chi connectivity index (χ1v) is 6.60. The molecule has 0 aliphatic carbocycles. The Labute approximate surface area is 114 Å². The Balaban J connectivity index is 1.68. The van der Waals surface area contributed by atoms with Gasteiger partial charge in [-0.15, -0.1) is 0 Å². The molecule has 4 nitrogen and oxygen atoms in total. The van der Waals surface area contributed by atoms with E-state index < -0.39 is 0 Å². The summed E-state index contributed by atoms with van der Waals surface area (Å²) in [5.41, 5.74) is 2.56. The van der Waals surface area contributed by atoms with E-state index >= 15 is 0 Å². The van der Waals surface area contributed by atoms with Crippen LogP contribution in [0.2, 0.25) is 0 Å². The second-order valence-electron chi connectivity index (χ2n) is 4.55. The quantitative estimate of drug-likeness (QED) is 0.771. The lowest BCUT2D eigenvalue weighted by atomic mass is 10.1. The van der Waals surface area contributed by atoms with Gasteiger partial charge in [-0.05, 0) is 36.7 Å². The van der Waals surface area contributed by atoms with E-state index in [1.807, 2.05) is 30.1 Å². The maximum atomic E-state index is 5.21. The van der Waals surface area contributed by atoms with E-state index in [0.29, 0.717) is 0 Å². The van der Waals surface area contributed by atoms with Crippen LogP contribution in [0.1, 0.15) is 11.3 Å². The van der Waals surface area contributed by atoms with Gasteiger partial charge in [0.15, 0.2) is 0 Å². The Morgan fingerprint density at radius 3 is 2.79 bits per heavy atom. The second kappa shape index (κ2) is 6.95. The van der Waals surface area contributed by atoms with Gasteiger partial charge in [-0.25, -0.2) is 0 Å². The van der Waals surface area contributed by atoms with E-state index in [1.54, 1.807) is 7.11 Å². The first-order valence-electron chi connectivity index (χ1n) is 6.60. The summed E-state index contributed by atoms with van der Waals surface area (Å²) in [6.45, 7) is 1.95. The van der Waals surface area contributed by atoms with Gasteiger partial charge < -0.3 is 10.1 Å². The van der Waals surface area contributed by atoms with Gasteiger partial charge in [-0.3, -0.25) is 4.68 Å². The molecule has 2 rings (SSSR count). The van der Waals surface area contributed by atoms with Crippen molar-refractivity contribution >= 4 is 0 Å². The van der Waals surface area contributed by atoms with Crippen molar-refractivity contribution in [2.24, 2.45) is 7.05 Å². The third-order valence-electron chi connectivity index (χ3n) is 3.20. The van der Waals surface area contributed by atoms with E-state index in [1.165, 1.54) is 11.3 Å². The van der Waals surface area contributed by atoms with Crippen LogP contribution in [-0.2, 0) is 19.9 Å². The zero-order valence-electron chi connectivity index (χ0n) is 11.6. The molecule has 0 atom stereocenters. The lowest BCUT2D eigenvalue weighted by Gasteiger charge is -2.06. The molecule has 19 heavy (non-hydrogen) atoms. The van der Waals surface area contributed by atoms with E-state index in [0.717, 1.165) is 31.7 Å². The summed E-state index contributed by atoms with van der Waals surface area (Å²) < 4.78 is 7.13. The van der Waals surface area contributed by atoms with Gasteiger partial charge in [0.1, 0.15) is 5.75 Å². The van der Waals surface area contributed by atoms with Crippen LogP contribution in [0, 0.1) is 0 Å². The number of hydrogen-bond acceptors (Lipinski definition) is 3. The maximum absolute atomic E-state index is 5.21. The van der Waals surface area contributed by atoms with E-state index in [-0.39, 0.29) is 0 Å². The predicted molar refractivity (Wildman–Crippen MR) is 76.5 cm³/mol. The van der Waals surface area contributed by atoms with E-state index in [2.05, 4.69) is 28.6 Å². The van der Waals surface area contributed by atoms with E-state index in [9.17, 15) is 0 Å². The maximum Gasteiger partial charge on any atom is 0.119 e. The Bertz CT molecular complexity index is 508. The van der Waals surface area contributed by atoms with Crippen molar-refractivity contribution in [2.75, 3.05) is 20.2 Å². The molecule has 1 N–H and O–H groups in total. The molecule has 102 valence electrons. The van der Waals surface area contributed by atoms with Gasteiger partial charge in [0.05, 0.1) is 7.11 Å². The number of hydrogen-bond donors (Lipinski definition) is 1. The molecular weight excluding hydrogens is 238 g/mol. The van der Waals surface area contributed by atoms with Gasteiger partial charge in [0, 0.05) is 31.9 Å². The van der Waals surface area contributed by atoms with Gasteiger partial charge in [-0.2, -0.15) is 5.10 Å². The van der Waals surface area contributed by atoms with Gasteiger partial charge in [0.25, 0.3) is 0 Å². The molecular formula is C15H21N3O. The van der Waals surface area contributed by atoms with E-state index in [4.69, 9.17) is 4.74 Å². The lowest BCUT2D eigenvalue weighted by Crippen LogP contribution is -2.21. The largest absolute Gasteiger partial charge is 0.497 e. The minimum Gasteiger partial charge on any atom is -0.497 e. The first-order chi connectivity index (χ1) is 9.29. The molecule has 0 bridgehead atoms. The molecule has 2 aromatic rings. The van der Waals surface area contributed by atoms with Crippen LogP contribution in [0.15, 0.2) is 36.5 Å². The fraction of sp³-hybridized carbons (Fsp3) is 0.400. The second-order valence-corrected chi connectivity index (χ2v) is 4.55. The summed E-state index contributed by atoms with van der Waals surface area (Å²) in [5.74, 6) is 0.924. The van der Waals surface area contributed by atoms with Crippen molar-refractivity contribution in [1.82, 2.24) is 15.1 Å². The average Bonchev–Trinajstić information content (AvgIpc) is 2.84. The molecule has 1 aromatic carbocycles. The molecule has 0 fully saturated rings. The standard InChI is InChI=1S/C15H21N3O/c1-18-14(8-11-17-18)7-10-16-9-6-13-4-3-5-15(12-13)19-2/h3-5,8,11-12,16H,6-7,9-10H2,1-2H3. The SMILES string of the molecule is COc1cccc(CCNCCc2ccnn2C)c1. The van der Waals surface area contributed by atoms with Crippen LogP contribution < -0.4 is 10.1 Å². The fourth-order valence-electron chi connectivity index (χ4n) is 2.05. The number of ether oxygens (including phenoxy) is 1. The number of rotatable bonds is 7. The summed E-state index contributed by atoms with van der Waals surface area (Å²) >= 11 is 0. The van der Waals surface area contributed by atoms with Crippen molar-refractivity contribution in [3.8, 4) is 5.75 Å². The van der Waals surface area contributed by atoms with Crippen molar-refractivity contribution in [2.45, 2.75) is 12.8 Å². The number of methoxy groups -OCH3 is 1. The molecule has 0 aliphatic rings. The van der Waals surface area contributed by atoms with Gasteiger partial charge >= 0.3 is 0 Å². The first kappa shape index (κ1) is 13.6. The highest BCUT2D eigenvalue weighted by atomic mass is 16.5. The summed E-state index contributed by atoms with van der Waals surface area (Å²) in [7, 11) is 3.68. The molecule has 0 unspecified atom stereocenters. The highest BCUT2D eigenvalue weighted by molar-refractivity contribution is 5.28. The molecule has 0 spiro atoms. The number of nitrogens with zero attached hydrogens (tertiary/aromatic N) is 2. The molecule has 0 saturated heterocycles. The fourth-order valence-corrected chi connectivity index (χ4v) is 2.05. The summed E-state index contributed by atoms with van der Waals surface area (Å²) in [5, 5.41) is 7.61. The third-order valence-corrected chi connectivity index (χ3v) is 3.20. The number of aryl methyl sites for hydroxylation is 1. The smallest absolute Gasteiger partial charge is 0.119 e. The Morgan fingerprint density at radius 1 is 1.21 bits per heavy atom. The molecule has 0 saturated carbocycles. The zero-order chi connectivity index (χ0) is 13.5. The number of aromatic nitrogens is 2. The highest BCUT2D eigenvalue weighted by Gasteiger charge is 1.98. The number of nitrogens with one attached hydrogen (secondary N) is 1. The molecule has 1 aromatic heterocycles. The summed E-state index contributed by atoms with van der Waals surface area (Å²) in [6.07, 6.45) is 3.86. The van der Waals surface area contributed by atoms with Gasteiger partial charge in [0.2, 0.25) is 0 Å².